The van der Waals surface area contributed by atoms with Crippen molar-refractivity contribution in [2.75, 3.05) is 5.75 Å². The van der Waals surface area contributed by atoms with Gasteiger partial charge in [-0.3, -0.25) is 4.79 Å². The number of aliphatic carboxylic acids is 1. The zero-order valence-corrected chi connectivity index (χ0v) is 13.4. The number of halogens is 1. The van der Waals surface area contributed by atoms with Crippen molar-refractivity contribution in [1.29, 1.82) is 0 Å². The first-order valence-corrected chi connectivity index (χ1v) is 7.58. The minimum atomic E-state index is -0.882. The molecular weight excluding hydrogens is 312 g/mol. The molecule has 0 spiro atoms. The minimum Gasteiger partial charge on any atom is -0.481 e. The van der Waals surface area contributed by atoms with Gasteiger partial charge in [0.2, 0.25) is 0 Å². The van der Waals surface area contributed by atoms with Gasteiger partial charge in [0.1, 0.15) is 5.03 Å². The number of carboxylic acids is 1. The molecule has 0 aromatic carbocycles. The van der Waals surface area contributed by atoms with Gasteiger partial charge in [-0.2, -0.15) is 5.10 Å². The van der Waals surface area contributed by atoms with Crippen molar-refractivity contribution in [2.24, 2.45) is 0 Å². The van der Waals surface area contributed by atoms with Gasteiger partial charge >= 0.3 is 5.97 Å². The van der Waals surface area contributed by atoms with Crippen LogP contribution in [0.5, 0.6) is 0 Å². The number of hydrogen-bond donors (Lipinski definition) is 1. The molecule has 0 amide bonds. The monoisotopic (exact) mass is 326 g/mol. The molecular formula is C13H15ClN4O2S. The number of hydrogen-bond acceptors (Lipinski definition) is 5. The maximum absolute atomic E-state index is 10.8. The van der Waals surface area contributed by atoms with E-state index in [2.05, 4.69) is 15.3 Å². The third kappa shape index (κ3) is 3.95. The fourth-order valence-corrected chi connectivity index (χ4v) is 2.38. The summed E-state index contributed by atoms with van der Waals surface area (Å²) in [5, 5.41) is 22.1. The SMILES string of the molecule is CC(C)(C)c1cc(SCC(=O)O)n(-c2ccc(Cl)nn2)n1. The molecule has 0 fully saturated rings. The number of carbonyl (C=O) groups is 1. The van der Waals surface area contributed by atoms with Crippen LogP contribution < -0.4 is 0 Å². The van der Waals surface area contributed by atoms with Gasteiger partial charge in [0.15, 0.2) is 11.0 Å². The van der Waals surface area contributed by atoms with Gasteiger partial charge in [0.05, 0.1) is 11.4 Å². The summed E-state index contributed by atoms with van der Waals surface area (Å²) < 4.78 is 1.59. The molecule has 2 aromatic heterocycles. The van der Waals surface area contributed by atoms with E-state index < -0.39 is 5.97 Å². The average Bonchev–Trinajstić information content (AvgIpc) is 2.81. The second-order valence-electron chi connectivity index (χ2n) is 5.43. The molecule has 0 radical (unpaired) electrons. The van der Waals surface area contributed by atoms with Crippen LogP contribution in [0, 0.1) is 0 Å². The quantitative estimate of drug-likeness (QED) is 0.870. The number of rotatable bonds is 4. The molecule has 0 bridgehead atoms. The van der Waals surface area contributed by atoms with Gasteiger partial charge in [0.25, 0.3) is 0 Å². The van der Waals surface area contributed by atoms with E-state index in [9.17, 15) is 4.79 Å². The number of thioether (sulfide) groups is 1. The maximum atomic E-state index is 10.8. The molecule has 2 heterocycles. The smallest absolute Gasteiger partial charge is 0.313 e. The van der Waals surface area contributed by atoms with Gasteiger partial charge in [-0.15, -0.1) is 10.2 Å². The molecule has 0 saturated carbocycles. The van der Waals surface area contributed by atoms with Crippen LogP contribution in [0.1, 0.15) is 26.5 Å². The summed E-state index contributed by atoms with van der Waals surface area (Å²) in [7, 11) is 0. The Labute approximate surface area is 131 Å². The lowest BCUT2D eigenvalue weighted by Gasteiger charge is -2.13. The van der Waals surface area contributed by atoms with Crippen LogP contribution in [0.2, 0.25) is 5.15 Å². The molecule has 8 heteroatoms. The summed E-state index contributed by atoms with van der Waals surface area (Å²) in [4.78, 5) is 10.8. The van der Waals surface area contributed by atoms with E-state index in [1.54, 1.807) is 16.8 Å². The minimum absolute atomic E-state index is 0.0453. The van der Waals surface area contributed by atoms with Crippen molar-refractivity contribution in [2.45, 2.75) is 31.2 Å². The topological polar surface area (TPSA) is 80.9 Å². The molecule has 2 rings (SSSR count). The summed E-state index contributed by atoms with van der Waals surface area (Å²) >= 11 is 6.92. The highest BCUT2D eigenvalue weighted by molar-refractivity contribution is 7.99. The Bertz CT molecular complexity index is 649. The molecule has 21 heavy (non-hydrogen) atoms. The van der Waals surface area contributed by atoms with Crippen molar-refractivity contribution < 1.29 is 9.90 Å². The molecule has 0 aliphatic heterocycles. The third-order valence-corrected chi connectivity index (χ3v) is 3.80. The van der Waals surface area contributed by atoms with Crippen molar-refractivity contribution in [3.63, 3.8) is 0 Å². The van der Waals surface area contributed by atoms with Crippen LogP contribution in [0.3, 0.4) is 0 Å². The van der Waals surface area contributed by atoms with Gasteiger partial charge in [0, 0.05) is 5.41 Å². The molecule has 112 valence electrons. The lowest BCUT2D eigenvalue weighted by atomic mass is 9.93. The van der Waals surface area contributed by atoms with Crippen LogP contribution in [0.15, 0.2) is 23.2 Å². The van der Waals surface area contributed by atoms with E-state index in [4.69, 9.17) is 16.7 Å². The summed E-state index contributed by atoms with van der Waals surface area (Å²) in [6.45, 7) is 6.12. The van der Waals surface area contributed by atoms with Crippen molar-refractivity contribution in [3.05, 3.63) is 29.0 Å². The van der Waals surface area contributed by atoms with E-state index in [1.165, 1.54) is 11.8 Å². The number of carboxylic acid groups (broad SMARTS) is 1. The Morgan fingerprint density at radius 2 is 2.10 bits per heavy atom. The summed E-state index contributed by atoms with van der Waals surface area (Å²) in [5.74, 6) is -0.425. The molecule has 0 atom stereocenters. The van der Waals surface area contributed by atoms with Crippen molar-refractivity contribution in [1.82, 2.24) is 20.0 Å². The predicted molar refractivity (Wildman–Crippen MR) is 81.2 cm³/mol. The fourth-order valence-electron chi connectivity index (χ4n) is 1.56. The van der Waals surface area contributed by atoms with Crippen LogP contribution >= 0.6 is 23.4 Å². The summed E-state index contributed by atoms with van der Waals surface area (Å²) in [6, 6.07) is 5.19. The van der Waals surface area contributed by atoms with Crippen LogP contribution in [-0.2, 0) is 10.2 Å². The zero-order valence-electron chi connectivity index (χ0n) is 11.9. The highest BCUT2D eigenvalue weighted by Gasteiger charge is 2.21. The largest absolute Gasteiger partial charge is 0.481 e. The van der Waals surface area contributed by atoms with Crippen LogP contribution in [-0.4, -0.2) is 36.8 Å². The Morgan fingerprint density at radius 3 is 2.62 bits per heavy atom. The Hall–Kier alpha value is -1.60. The summed E-state index contributed by atoms with van der Waals surface area (Å²) in [5.41, 5.74) is 0.705. The Morgan fingerprint density at radius 1 is 1.38 bits per heavy atom. The van der Waals surface area contributed by atoms with Crippen molar-refractivity contribution in [3.8, 4) is 5.82 Å². The number of nitrogens with zero attached hydrogens (tertiary/aromatic N) is 4. The van der Waals surface area contributed by atoms with E-state index in [0.29, 0.717) is 16.0 Å². The van der Waals surface area contributed by atoms with Crippen LogP contribution in [0.4, 0.5) is 0 Å². The normalized spacial score (nSPS) is 11.6. The van der Waals surface area contributed by atoms with Gasteiger partial charge in [-0.05, 0) is 18.2 Å². The lowest BCUT2D eigenvalue weighted by molar-refractivity contribution is -0.133. The second kappa shape index (κ2) is 6.03. The second-order valence-corrected chi connectivity index (χ2v) is 6.81. The van der Waals surface area contributed by atoms with Gasteiger partial charge in [-0.1, -0.05) is 44.1 Å². The molecule has 0 saturated heterocycles. The maximum Gasteiger partial charge on any atom is 0.313 e. The molecule has 0 unspecified atom stereocenters. The molecule has 6 nitrogen and oxygen atoms in total. The number of aromatic nitrogens is 4. The standard InChI is InChI=1S/C13H15ClN4O2S/c1-13(2,3)8-6-11(21-7-12(19)20)18(17-8)10-5-4-9(14)15-16-10/h4-6H,7H2,1-3H3,(H,19,20). The lowest BCUT2D eigenvalue weighted by Crippen LogP contribution is -2.13. The molecule has 1 N–H and O–H groups in total. The van der Waals surface area contributed by atoms with E-state index in [1.807, 2.05) is 26.8 Å². The summed E-state index contributed by atoms with van der Waals surface area (Å²) in [6.07, 6.45) is 0. The van der Waals surface area contributed by atoms with Gasteiger partial charge in [-0.25, -0.2) is 4.68 Å². The Kier molecular flexibility index (Phi) is 4.53. The first-order chi connectivity index (χ1) is 9.77. The Balaban J connectivity index is 2.43. The van der Waals surface area contributed by atoms with E-state index in [0.717, 1.165) is 5.69 Å². The molecule has 0 aliphatic rings. The third-order valence-electron chi connectivity index (χ3n) is 2.62. The highest BCUT2D eigenvalue weighted by Crippen LogP contribution is 2.28. The van der Waals surface area contributed by atoms with Crippen LogP contribution in [0.25, 0.3) is 5.82 Å². The zero-order chi connectivity index (χ0) is 15.6. The average molecular weight is 327 g/mol. The molecule has 2 aromatic rings. The fraction of sp³-hybridized carbons (Fsp3) is 0.385. The molecule has 0 aliphatic carbocycles. The highest BCUT2D eigenvalue weighted by atomic mass is 35.5. The van der Waals surface area contributed by atoms with Crippen molar-refractivity contribution >= 4 is 29.3 Å². The van der Waals surface area contributed by atoms with E-state index >= 15 is 0 Å². The van der Waals surface area contributed by atoms with E-state index in [-0.39, 0.29) is 11.2 Å². The van der Waals surface area contributed by atoms with Gasteiger partial charge < -0.3 is 5.11 Å². The predicted octanol–water partition coefficient (Wildman–Crippen LogP) is 2.79. The first-order valence-electron chi connectivity index (χ1n) is 6.22. The first kappa shape index (κ1) is 15.8.